The van der Waals surface area contributed by atoms with Gasteiger partial charge in [0.15, 0.2) is 0 Å². The minimum atomic E-state index is -2.75. The van der Waals surface area contributed by atoms with Gasteiger partial charge >= 0.3 is 0 Å². The average Bonchev–Trinajstić information content (AvgIpc) is 2.26. The van der Waals surface area contributed by atoms with Crippen LogP contribution in [0.25, 0.3) is 0 Å². The number of halogens is 2. The van der Waals surface area contributed by atoms with Crippen LogP contribution in [-0.2, 0) is 5.92 Å². The molecule has 1 aromatic rings. The largest absolute Gasteiger partial charge is 0.286 e. The van der Waals surface area contributed by atoms with E-state index in [0.29, 0.717) is 16.5 Å². The molecule has 1 aliphatic rings. The topological polar surface area (TPSA) is 25.8 Å². The van der Waals surface area contributed by atoms with E-state index in [1.807, 2.05) is 0 Å². The summed E-state index contributed by atoms with van der Waals surface area (Å²) in [4.78, 5) is 7.92. The zero-order valence-electron chi connectivity index (χ0n) is 7.27. The molecule has 0 unspecified atom stereocenters. The van der Waals surface area contributed by atoms with Gasteiger partial charge in [0.1, 0.15) is 10.9 Å². The minimum Gasteiger partial charge on any atom is -0.238 e. The van der Waals surface area contributed by atoms with E-state index >= 15 is 0 Å². The summed E-state index contributed by atoms with van der Waals surface area (Å²) < 4.78 is 26.5. The fourth-order valence-electron chi connectivity index (χ4n) is 1.44. The fourth-order valence-corrected chi connectivity index (χ4v) is 2.54. The summed E-state index contributed by atoms with van der Waals surface area (Å²) in [7, 11) is 0. The van der Waals surface area contributed by atoms with Crippen LogP contribution in [0, 0.1) is 13.8 Å². The van der Waals surface area contributed by atoms with Crippen LogP contribution in [0.5, 0.6) is 0 Å². The van der Waals surface area contributed by atoms with Gasteiger partial charge in [-0.05, 0) is 13.8 Å². The van der Waals surface area contributed by atoms with Crippen LogP contribution in [0.1, 0.15) is 17.1 Å². The number of alkyl halides is 2. The molecule has 2 heterocycles. The van der Waals surface area contributed by atoms with Gasteiger partial charge in [-0.25, -0.2) is 18.7 Å². The summed E-state index contributed by atoms with van der Waals surface area (Å²) in [6.45, 7) is 3.32. The van der Waals surface area contributed by atoms with Crippen LogP contribution in [-0.4, -0.2) is 15.7 Å². The number of rotatable bonds is 0. The van der Waals surface area contributed by atoms with E-state index in [9.17, 15) is 8.78 Å². The number of aromatic nitrogens is 2. The molecule has 0 aliphatic carbocycles. The third-order valence-electron chi connectivity index (χ3n) is 1.92. The molecule has 0 radical (unpaired) electrons. The number of hydrogen-bond acceptors (Lipinski definition) is 3. The first kappa shape index (κ1) is 8.87. The maximum Gasteiger partial charge on any atom is 0.286 e. The van der Waals surface area contributed by atoms with E-state index in [-0.39, 0.29) is 11.3 Å². The van der Waals surface area contributed by atoms with Gasteiger partial charge in [0.05, 0.1) is 17.0 Å². The van der Waals surface area contributed by atoms with Crippen molar-refractivity contribution >= 4 is 11.8 Å². The first-order valence-electron chi connectivity index (χ1n) is 3.87. The Hall–Kier alpha value is -0.710. The highest BCUT2D eigenvalue weighted by molar-refractivity contribution is 7.99. The Morgan fingerprint density at radius 1 is 1.31 bits per heavy atom. The second-order valence-electron chi connectivity index (χ2n) is 3.03. The van der Waals surface area contributed by atoms with E-state index in [1.54, 1.807) is 13.8 Å². The van der Waals surface area contributed by atoms with Gasteiger partial charge < -0.3 is 0 Å². The Balaban J connectivity index is 2.65. The minimum absolute atomic E-state index is 0.0168. The normalized spacial score (nSPS) is 18.8. The molecular formula is C8H8F2N2S. The summed E-state index contributed by atoms with van der Waals surface area (Å²) in [6, 6.07) is 0. The quantitative estimate of drug-likeness (QED) is 0.604. The molecule has 2 rings (SSSR count). The van der Waals surface area contributed by atoms with E-state index < -0.39 is 5.92 Å². The third-order valence-corrected chi connectivity index (χ3v) is 3.00. The average molecular weight is 202 g/mol. The Morgan fingerprint density at radius 3 is 2.69 bits per heavy atom. The van der Waals surface area contributed by atoms with Crippen LogP contribution in [0.15, 0.2) is 5.03 Å². The highest BCUT2D eigenvalue weighted by atomic mass is 32.2. The summed E-state index contributed by atoms with van der Waals surface area (Å²) in [5, 5.41) is 0.440. The molecule has 13 heavy (non-hydrogen) atoms. The standard InChI is InChI=1S/C8H8F2N2S/c1-4-6-7(12-5(2)11-4)13-3-8(6,9)10/h3H2,1-2H3. The lowest BCUT2D eigenvalue weighted by Crippen LogP contribution is -2.14. The number of hydrogen-bond donors (Lipinski definition) is 0. The molecule has 0 fully saturated rings. The Labute approximate surface area is 78.8 Å². The number of aryl methyl sites for hydroxylation is 2. The van der Waals surface area contributed by atoms with Gasteiger partial charge in [-0.3, -0.25) is 0 Å². The highest BCUT2D eigenvalue weighted by Gasteiger charge is 2.43. The first-order chi connectivity index (χ1) is 6.00. The predicted octanol–water partition coefficient (Wildman–Crippen LogP) is 2.29. The van der Waals surface area contributed by atoms with Gasteiger partial charge in [-0.15, -0.1) is 0 Å². The smallest absolute Gasteiger partial charge is 0.238 e. The van der Waals surface area contributed by atoms with E-state index in [1.165, 1.54) is 0 Å². The van der Waals surface area contributed by atoms with Gasteiger partial charge in [0, 0.05) is 0 Å². The second kappa shape index (κ2) is 2.64. The molecule has 0 N–H and O–H groups in total. The van der Waals surface area contributed by atoms with Crippen molar-refractivity contribution in [3.63, 3.8) is 0 Å². The van der Waals surface area contributed by atoms with Crippen LogP contribution >= 0.6 is 11.8 Å². The molecule has 0 bridgehead atoms. The lowest BCUT2D eigenvalue weighted by Gasteiger charge is -2.10. The zero-order chi connectivity index (χ0) is 9.64. The third kappa shape index (κ3) is 1.31. The summed E-state index contributed by atoms with van der Waals surface area (Å²) in [5.41, 5.74) is 0.417. The summed E-state index contributed by atoms with van der Waals surface area (Å²) >= 11 is 1.10. The van der Waals surface area contributed by atoms with Crippen LogP contribution in [0.4, 0.5) is 8.78 Å². The van der Waals surface area contributed by atoms with Crippen LogP contribution in [0.2, 0.25) is 0 Å². The Morgan fingerprint density at radius 2 is 2.00 bits per heavy atom. The van der Waals surface area contributed by atoms with Crippen molar-refractivity contribution < 1.29 is 8.78 Å². The van der Waals surface area contributed by atoms with Crippen molar-refractivity contribution in [1.82, 2.24) is 9.97 Å². The Kier molecular flexibility index (Phi) is 1.80. The number of fused-ring (bicyclic) bond motifs is 1. The molecule has 0 saturated carbocycles. The molecule has 0 spiro atoms. The van der Waals surface area contributed by atoms with Crippen molar-refractivity contribution in [3.05, 3.63) is 17.1 Å². The van der Waals surface area contributed by atoms with Crippen molar-refractivity contribution in [2.24, 2.45) is 0 Å². The molecule has 70 valence electrons. The molecule has 5 heteroatoms. The number of nitrogens with zero attached hydrogens (tertiary/aromatic N) is 2. The zero-order valence-corrected chi connectivity index (χ0v) is 8.08. The van der Waals surface area contributed by atoms with Crippen molar-refractivity contribution in [1.29, 1.82) is 0 Å². The molecule has 1 aliphatic heterocycles. The maximum atomic E-state index is 13.2. The van der Waals surface area contributed by atoms with Crippen molar-refractivity contribution in [2.45, 2.75) is 24.8 Å². The van der Waals surface area contributed by atoms with E-state index in [4.69, 9.17) is 0 Å². The molecule has 0 aromatic carbocycles. The highest BCUT2D eigenvalue weighted by Crippen LogP contribution is 2.45. The molecule has 0 atom stereocenters. The number of thioether (sulfide) groups is 1. The molecular weight excluding hydrogens is 194 g/mol. The second-order valence-corrected chi connectivity index (χ2v) is 3.99. The van der Waals surface area contributed by atoms with Gasteiger partial charge in [0.25, 0.3) is 5.92 Å². The van der Waals surface area contributed by atoms with Gasteiger partial charge in [-0.1, -0.05) is 11.8 Å². The van der Waals surface area contributed by atoms with E-state index in [2.05, 4.69) is 9.97 Å². The molecule has 1 aromatic heterocycles. The molecule has 2 nitrogen and oxygen atoms in total. The predicted molar refractivity (Wildman–Crippen MR) is 46.1 cm³/mol. The SMILES string of the molecule is Cc1nc(C)c2c(n1)SCC2(F)F. The summed E-state index contributed by atoms with van der Waals surface area (Å²) in [6.07, 6.45) is 0. The molecule has 0 amide bonds. The summed E-state index contributed by atoms with van der Waals surface area (Å²) in [5.74, 6) is -2.40. The fraction of sp³-hybridized carbons (Fsp3) is 0.500. The first-order valence-corrected chi connectivity index (χ1v) is 4.85. The van der Waals surface area contributed by atoms with Gasteiger partial charge in [-0.2, -0.15) is 0 Å². The van der Waals surface area contributed by atoms with Crippen LogP contribution in [0.3, 0.4) is 0 Å². The maximum absolute atomic E-state index is 13.2. The monoisotopic (exact) mass is 202 g/mol. The Bertz CT molecular complexity index is 365. The lowest BCUT2D eigenvalue weighted by molar-refractivity contribution is 0.0228. The molecule has 0 saturated heterocycles. The van der Waals surface area contributed by atoms with E-state index in [0.717, 1.165) is 11.8 Å². The lowest BCUT2D eigenvalue weighted by atomic mass is 10.1. The van der Waals surface area contributed by atoms with Gasteiger partial charge in [0.2, 0.25) is 0 Å². The van der Waals surface area contributed by atoms with Crippen LogP contribution < -0.4 is 0 Å². The van der Waals surface area contributed by atoms with Crippen molar-refractivity contribution in [3.8, 4) is 0 Å². The van der Waals surface area contributed by atoms with Crippen molar-refractivity contribution in [2.75, 3.05) is 5.75 Å².